The Morgan fingerprint density at radius 1 is 1.16 bits per heavy atom. The number of H-pyrrole nitrogens is 1. The number of aromatic amines is 1. The molecule has 0 saturated heterocycles. The van der Waals surface area contributed by atoms with Crippen molar-refractivity contribution in [1.82, 2.24) is 14.8 Å². The maximum absolute atomic E-state index is 13.8. The van der Waals surface area contributed by atoms with E-state index in [0.717, 1.165) is 28.1 Å². The lowest BCUT2D eigenvalue weighted by Crippen LogP contribution is -2.39. The summed E-state index contributed by atoms with van der Waals surface area (Å²) in [6.07, 6.45) is 3.53. The Kier molecular flexibility index (Phi) is 6.62. The van der Waals surface area contributed by atoms with E-state index < -0.39 is 12.0 Å². The molecule has 37 heavy (non-hydrogen) atoms. The highest BCUT2D eigenvalue weighted by Gasteiger charge is 2.33. The Labute approximate surface area is 217 Å². The molecule has 0 spiro atoms. The Hall–Kier alpha value is -4.24. The summed E-state index contributed by atoms with van der Waals surface area (Å²) in [6.45, 7) is 3.78. The molecular formula is C28H27N5O3S. The largest absolute Gasteiger partial charge is 0.463 e. The van der Waals surface area contributed by atoms with Crippen molar-refractivity contribution in [2.45, 2.75) is 19.9 Å². The van der Waals surface area contributed by atoms with Gasteiger partial charge in [-0.1, -0.05) is 53.8 Å². The molecule has 0 amide bonds. The number of hydrogen-bond donors (Lipinski definition) is 1. The maximum Gasteiger partial charge on any atom is 0.338 e. The van der Waals surface area contributed by atoms with Gasteiger partial charge in [0.1, 0.15) is 0 Å². The van der Waals surface area contributed by atoms with Gasteiger partial charge in [-0.25, -0.2) is 9.79 Å². The molecule has 1 atom stereocenters. The van der Waals surface area contributed by atoms with Crippen molar-refractivity contribution < 1.29 is 9.53 Å². The summed E-state index contributed by atoms with van der Waals surface area (Å²) < 4.78 is 7.48. The molecule has 3 heterocycles. The fourth-order valence-corrected chi connectivity index (χ4v) is 5.48. The first kappa shape index (κ1) is 24.5. The van der Waals surface area contributed by atoms with Crippen molar-refractivity contribution >= 4 is 29.1 Å². The minimum Gasteiger partial charge on any atom is -0.463 e. The van der Waals surface area contributed by atoms with Crippen molar-refractivity contribution in [2.24, 2.45) is 4.99 Å². The number of hydrogen-bond acceptors (Lipinski definition) is 7. The zero-order valence-corrected chi connectivity index (χ0v) is 21.9. The van der Waals surface area contributed by atoms with Crippen molar-refractivity contribution in [3.8, 4) is 11.3 Å². The molecule has 0 bridgehead atoms. The third kappa shape index (κ3) is 4.53. The summed E-state index contributed by atoms with van der Waals surface area (Å²) in [7, 11) is 3.93. The predicted octanol–water partition coefficient (Wildman–Crippen LogP) is 3.25. The average Bonchev–Trinajstić information content (AvgIpc) is 3.48. The summed E-state index contributed by atoms with van der Waals surface area (Å²) in [5.74, 6) is -0.471. The number of aromatic nitrogens is 3. The van der Waals surface area contributed by atoms with Crippen LogP contribution in [0, 0.1) is 0 Å². The Morgan fingerprint density at radius 2 is 1.89 bits per heavy atom. The second-order valence-electron chi connectivity index (χ2n) is 8.85. The third-order valence-corrected chi connectivity index (χ3v) is 7.24. The molecule has 0 saturated carbocycles. The number of allylic oxidation sites excluding steroid dienone is 1. The minimum atomic E-state index is -0.647. The number of benzene rings is 2. The molecule has 2 aromatic carbocycles. The number of nitrogens with one attached hydrogen (secondary N) is 1. The smallest absolute Gasteiger partial charge is 0.338 e. The number of thiazole rings is 1. The number of esters is 1. The summed E-state index contributed by atoms with van der Waals surface area (Å²) >= 11 is 1.29. The molecule has 8 nitrogen and oxygen atoms in total. The number of ether oxygens (including phenoxy) is 1. The zero-order chi connectivity index (χ0) is 26.1. The number of anilines is 1. The summed E-state index contributed by atoms with van der Waals surface area (Å²) in [6, 6.07) is 17.0. The fraction of sp³-hybridized carbons (Fsp3) is 0.214. The van der Waals surface area contributed by atoms with E-state index in [0.29, 0.717) is 20.6 Å². The number of carbonyl (C=O) groups excluding carboxylic acids is 1. The van der Waals surface area contributed by atoms with E-state index in [4.69, 9.17) is 4.74 Å². The molecule has 1 aliphatic rings. The first-order chi connectivity index (χ1) is 17.9. The van der Waals surface area contributed by atoms with Crippen molar-refractivity contribution in [2.75, 3.05) is 25.6 Å². The fourth-order valence-electron chi connectivity index (χ4n) is 4.44. The molecule has 1 aliphatic heterocycles. The van der Waals surface area contributed by atoms with Gasteiger partial charge in [-0.05, 0) is 37.6 Å². The Morgan fingerprint density at radius 3 is 2.57 bits per heavy atom. The Bertz CT molecular complexity index is 1660. The van der Waals surface area contributed by atoms with Gasteiger partial charge in [-0.15, -0.1) is 0 Å². The van der Waals surface area contributed by atoms with Crippen LogP contribution >= 0.6 is 11.3 Å². The topological polar surface area (TPSA) is 92.6 Å². The number of nitrogens with zero attached hydrogens (tertiary/aromatic N) is 4. The molecule has 0 radical (unpaired) electrons. The molecule has 9 heteroatoms. The van der Waals surface area contributed by atoms with Crippen LogP contribution in [-0.2, 0) is 9.53 Å². The van der Waals surface area contributed by atoms with Gasteiger partial charge < -0.3 is 9.64 Å². The molecule has 4 aromatic rings. The van der Waals surface area contributed by atoms with Gasteiger partial charge in [0.15, 0.2) is 4.80 Å². The van der Waals surface area contributed by atoms with Gasteiger partial charge in [0, 0.05) is 30.9 Å². The maximum atomic E-state index is 13.8. The predicted molar refractivity (Wildman–Crippen MR) is 145 cm³/mol. The number of carbonyl (C=O) groups is 1. The molecule has 0 fully saturated rings. The highest BCUT2D eigenvalue weighted by Crippen LogP contribution is 2.31. The summed E-state index contributed by atoms with van der Waals surface area (Å²) in [4.78, 5) is 34.1. The van der Waals surface area contributed by atoms with Gasteiger partial charge in [-0.3, -0.25) is 14.5 Å². The lowest BCUT2D eigenvalue weighted by molar-refractivity contribution is -0.139. The van der Waals surface area contributed by atoms with Crippen LogP contribution in [-0.4, -0.2) is 41.4 Å². The summed E-state index contributed by atoms with van der Waals surface area (Å²) in [5, 5.41) is 7.23. The first-order valence-corrected chi connectivity index (χ1v) is 12.8. The van der Waals surface area contributed by atoms with E-state index in [1.54, 1.807) is 24.6 Å². The molecular weight excluding hydrogens is 486 g/mol. The van der Waals surface area contributed by atoms with E-state index in [-0.39, 0.29) is 12.2 Å². The van der Waals surface area contributed by atoms with Crippen LogP contribution in [0.1, 0.15) is 31.0 Å². The van der Waals surface area contributed by atoms with Gasteiger partial charge in [0.2, 0.25) is 0 Å². The molecule has 1 unspecified atom stereocenters. The molecule has 5 rings (SSSR count). The highest BCUT2D eigenvalue weighted by atomic mass is 32.1. The summed E-state index contributed by atoms with van der Waals surface area (Å²) in [5.41, 5.74) is 5.10. The lowest BCUT2D eigenvalue weighted by atomic mass is 9.95. The number of fused-ring (bicyclic) bond motifs is 1. The van der Waals surface area contributed by atoms with Crippen LogP contribution in [0.15, 0.2) is 81.9 Å². The monoisotopic (exact) mass is 513 g/mol. The van der Waals surface area contributed by atoms with Crippen molar-refractivity contribution in [1.29, 1.82) is 0 Å². The van der Waals surface area contributed by atoms with Gasteiger partial charge >= 0.3 is 5.97 Å². The molecule has 0 aliphatic carbocycles. The van der Waals surface area contributed by atoms with Gasteiger partial charge in [0.05, 0.1) is 40.3 Å². The zero-order valence-electron chi connectivity index (χ0n) is 21.1. The third-order valence-electron chi connectivity index (χ3n) is 6.26. The van der Waals surface area contributed by atoms with E-state index in [2.05, 4.69) is 15.2 Å². The quantitative estimate of drug-likeness (QED) is 0.400. The van der Waals surface area contributed by atoms with Gasteiger partial charge in [-0.2, -0.15) is 5.10 Å². The van der Waals surface area contributed by atoms with Crippen LogP contribution < -0.4 is 19.8 Å². The molecule has 2 aromatic heterocycles. The normalized spacial score (nSPS) is 15.4. The number of rotatable bonds is 6. The lowest BCUT2D eigenvalue weighted by Gasteiger charge is -2.25. The minimum absolute atomic E-state index is 0.222. The van der Waals surface area contributed by atoms with Crippen LogP contribution in [0.4, 0.5) is 5.69 Å². The second-order valence-corrected chi connectivity index (χ2v) is 9.86. The van der Waals surface area contributed by atoms with Gasteiger partial charge in [0.25, 0.3) is 5.56 Å². The van der Waals surface area contributed by atoms with Crippen LogP contribution in [0.25, 0.3) is 17.3 Å². The second kappa shape index (κ2) is 10.0. The first-order valence-electron chi connectivity index (χ1n) is 11.9. The molecule has 188 valence electrons. The van der Waals surface area contributed by atoms with Crippen LogP contribution in [0.2, 0.25) is 0 Å². The van der Waals surface area contributed by atoms with E-state index in [9.17, 15) is 9.59 Å². The Balaban J connectivity index is 1.69. The average molecular weight is 514 g/mol. The van der Waals surface area contributed by atoms with Crippen LogP contribution in [0.5, 0.6) is 0 Å². The van der Waals surface area contributed by atoms with E-state index in [1.165, 1.54) is 11.3 Å². The highest BCUT2D eigenvalue weighted by molar-refractivity contribution is 7.07. The SMILES string of the molecule is CCOC(=O)C1=C(C)N=c2s/c(=C\c3cn[nH]c3-c3ccccc3)c(=O)n2C1c1ccc(N(C)C)cc1. The van der Waals surface area contributed by atoms with Crippen LogP contribution in [0.3, 0.4) is 0 Å². The van der Waals surface area contributed by atoms with Crippen molar-refractivity contribution in [3.63, 3.8) is 0 Å². The standard InChI is InChI=1S/C28H27N5O3S/c1-5-36-27(35)23-17(2)30-28-33(25(23)19-11-13-21(14-12-19)32(3)4)26(34)22(37-28)15-20-16-29-31-24(20)18-9-7-6-8-10-18/h6-16,25H,5H2,1-4H3,(H,29,31)/b22-15-. The van der Waals surface area contributed by atoms with Crippen molar-refractivity contribution in [3.05, 3.63) is 103 Å². The molecule has 1 N–H and O–H groups in total. The van der Waals surface area contributed by atoms with E-state index in [1.807, 2.05) is 79.7 Å². The van der Waals surface area contributed by atoms with E-state index >= 15 is 0 Å².